The Morgan fingerprint density at radius 2 is 2.06 bits per heavy atom. The Balaban J connectivity index is 2.43. The smallest absolute Gasteiger partial charge is 0.0536 e. The lowest BCUT2D eigenvalue weighted by Crippen LogP contribution is -2.38. The van der Waals surface area contributed by atoms with E-state index in [1.807, 2.05) is 23.1 Å². The molecule has 0 fully saturated rings. The van der Waals surface area contributed by atoms with E-state index < -0.39 is 0 Å². The highest BCUT2D eigenvalue weighted by Crippen LogP contribution is 2.09. The summed E-state index contributed by atoms with van der Waals surface area (Å²) in [6, 6.07) is 2.68. The van der Waals surface area contributed by atoms with Gasteiger partial charge in [-0.15, -0.1) is 0 Å². The predicted octanol–water partition coefficient (Wildman–Crippen LogP) is 2.77. The van der Waals surface area contributed by atoms with Gasteiger partial charge in [-0.3, -0.25) is 9.58 Å². The molecule has 1 heterocycles. The summed E-state index contributed by atoms with van der Waals surface area (Å²) in [6.45, 7) is 7.72. The van der Waals surface area contributed by atoms with Gasteiger partial charge in [0.1, 0.15) is 0 Å². The quantitative estimate of drug-likeness (QED) is 0.686. The Hall–Kier alpha value is -0.350. The van der Waals surface area contributed by atoms with E-state index in [0.717, 1.165) is 25.0 Å². The molecule has 0 unspecified atom stereocenters. The minimum Gasteiger partial charge on any atom is -0.298 e. The number of halogens is 1. The molecule has 0 bridgehead atoms. The molecule has 1 aromatic heterocycles. The van der Waals surface area contributed by atoms with Crippen LogP contribution in [0.2, 0.25) is 0 Å². The number of rotatable bonds is 8. The average molecular weight is 288 g/mol. The molecule has 1 aromatic rings. The molecule has 0 aliphatic rings. The first-order chi connectivity index (χ1) is 7.81. The molecule has 0 aliphatic carbocycles. The monoisotopic (exact) mass is 287 g/mol. The zero-order valence-electron chi connectivity index (χ0n) is 10.3. The second-order valence-electron chi connectivity index (χ2n) is 3.96. The van der Waals surface area contributed by atoms with Crippen LogP contribution >= 0.6 is 15.9 Å². The zero-order chi connectivity index (χ0) is 11.8. The van der Waals surface area contributed by atoms with Crippen LogP contribution in [0.5, 0.6) is 0 Å². The Bertz CT molecular complexity index is 257. The van der Waals surface area contributed by atoms with Crippen LogP contribution in [0.25, 0.3) is 0 Å². The molecule has 0 atom stereocenters. The molecule has 4 heteroatoms. The van der Waals surface area contributed by atoms with Gasteiger partial charge in [0.25, 0.3) is 0 Å². The first-order valence-corrected chi connectivity index (χ1v) is 7.21. The maximum Gasteiger partial charge on any atom is 0.0536 e. The second kappa shape index (κ2) is 7.85. The largest absolute Gasteiger partial charge is 0.298 e. The Morgan fingerprint density at radius 1 is 1.31 bits per heavy atom. The molecular weight excluding hydrogens is 266 g/mol. The summed E-state index contributed by atoms with van der Waals surface area (Å²) in [4.78, 5) is 2.55. The molecule has 0 aliphatic heterocycles. The van der Waals surface area contributed by atoms with E-state index in [9.17, 15) is 0 Å². The average Bonchev–Trinajstić information content (AvgIpc) is 2.80. The molecule has 0 aromatic carbocycles. The molecule has 1 rings (SSSR count). The summed E-state index contributed by atoms with van der Waals surface area (Å²) in [6.07, 6.45) is 6.32. The lowest BCUT2D eigenvalue weighted by atomic mass is 10.1. The molecule has 0 saturated heterocycles. The molecule has 3 nitrogen and oxygen atoms in total. The van der Waals surface area contributed by atoms with Crippen molar-refractivity contribution in [3.05, 3.63) is 18.5 Å². The number of hydrogen-bond acceptors (Lipinski definition) is 2. The molecule has 0 amide bonds. The van der Waals surface area contributed by atoms with Crippen LogP contribution in [-0.2, 0) is 6.54 Å². The third-order valence-corrected chi connectivity index (χ3v) is 3.36. The van der Waals surface area contributed by atoms with E-state index in [2.05, 4.69) is 39.8 Å². The topological polar surface area (TPSA) is 21.1 Å². The van der Waals surface area contributed by atoms with E-state index in [4.69, 9.17) is 0 Å². The highest BCUT2D eigenvalue weighted by molar-refractivity contribution is 9.09. The SMILES string of the molecule is CCC(CC)N(CCBr)CCn1cccn1. The van der Waals surface area contributed by atoms with Crippen LogP contribution in [0.4, 0.5) is 0 Å². The summed E-state index contributed by atoms with van der Waals surface area (Å²) < 4.78 is 2.00. The Morgan fingerprint density at radius 3 is 2.56 bits per heavy atom. The van der Waals surface area contributed by atoms with E-state index in [-0.39, 0.29) is 0 Å². The Labute approximate surface area is 107 Å². The van der Waals surface area contributed by atoms with Crippen LogP contribution in [0.15, 0.2) is 18.5 Å². The van der Waals surface area contributed by atoms with Gasteiger partial charge < -0.3 is 0 Å². The fourth-order valence-corrected chi connectivity index (χ4v) is 2.51. The van der Waals surface area contributed by atoms with Gasteiger partial charge in [0.15, 0.2) is 0 Å². The van der Waals surface area contributed by atoms with Crippen molar-refractivity contribution < 1.29 is 0 Å². The normalized spacial score (nSPS) is 11.6. The summed E-state index contributed by atoms with van der Waals surface area (Å²) in [5.41, 5.74) is 0. The van der Waals surface area contributed by atoms with Crippen LogP contribution in [-0.4, -0.2) is 39.1 Å². The van der Waals surface area contributed by atoms with Gasteiger partial charge in [-0.25, -0.2) is 0 Å². The van der Waals surface area contributed by atoms with E-state index in [1.54, 1.807) is 0 Å². The first kappa shape index (κ1) is 13.7. The van der Waals surface area contributed by atoms with Crippen LogP contribution < -0.4 is 0 Å². The number of hydrogen-bond donors (Lipinski definition) is 0. The van der Waals surface area contributed by atoms with E-state index >= 15 is 0 Å². The highest BCUT2D eigenvalue weighted by Gasteiger charge is 2.13. The second-order valence-corrected chi connectivity index (χ2v) is 4.76. The molecule has 0 spiro atoms. The third-order valence-electron chi connectivity index (χ3n) is 3.01. The predicted molar refractivity (Wildman–Crippen MR) is 72.0 cm³/mol. The van der Waals surface area contributed by atoms with Crippen LogP contribution in [0.1, 0.15) is 26.7 Å². The Kier molecular flexibility index (Phi) is 6.73. The molecule has 0 radical (unpaired) electrons. The first-order valence-electron chi connectivity index (χ1n) is 6.09. The van der Waals surface area contributed by atoms with Crippen molar-refractivity contribution in [2.45, 2.75) is 39.3 Å². The summed E-state index contributed by atoms with van der Waals surface area (Å²) in [5, 5.41) is 5.28. The van der Waals surface area contributed by atoms with Crippen molar-refractivity contribution in [2.24, 2.45) is 0 Å². The number of alkyl halides is 1. The van der Waals surface area contributed by atoms with Crippen molar-refractivity contribution in [1.29, 1.82) is 0 Å². The van der Waals surface area contributed by atoms with Crippen molar-refractivity contribution in [1.82, 2.24) is 14.7 Å². The van der Waals surface area contributed by atoms with Crippen LogP contribution in [0, 0.1) is 0 Å². The summed E-state index contributed by atoms with van der Waals surface area (Å²) in [7, 11) is 0. The minimum atomic E-state index is 0.702. The van der Waals surface area contributed by atoms with Crippen LogP contribution in [0.3, 0.4) is 0 Å². The highest BCUT2D eigenvalue weighted by atomic mass is 79.9. The van der Waals surface area contributed by atoms with Gasteiger partial charge in [0.05, 0.1) is 6.54 Å². The van der Waals surface area contributed by atoms with Gasteiger partial charge in [-0.2, -0.15) is 5.10 Å². The molecule has 0 N–H and O–H groups in total. The lowest BCUT2D eigenvalue weighted by molar-refractivity contribution is 0.188. The fourth-order valence-electron chi connectivity index (χ4n) is 2.05. The standard InChI is InChI=1S/C12H22BrN3/c1-3-12(4-2)15(9-6-13)10-11-16-8-5-7-14-16/h5,7-8,12H,3-4,6,9-11H2,1-2H3. The maximum absolute atomic E-state index is 4.24. The van der Waals surface area contributed by atoms with Crippen molar-refractivity contribution in [3.8, 4) is 0 Å². The molecule has 16 heavy (non-hydrogen) atoms. The lowest BCUT2D eigenvalue weighted by Gasteiger charge is -2.29. The van der Waals surface area contributed by atoms with Crippen molar-refractivity contribution in [2.75, 3.05) is 18.4 Å². The van der Waals surface area contributed by atoms with Crippen molar-refractivity contribution in [3.63, 3.8) is 0 Å². The third kappa shape index (κ3) is 4.26. The fraction of sp³-hybridized carbons (Fsp3) is 0.750. The summed E-state index contributed by atoms with van der Waals surface area (Å²) >= 11 is 3.53. The van der Waals surface area contributed by atoms with E-state index in [1.165, 1.54) is 12.8 Å². The maximum atomic E-state index is 4.24. The van der Waals surface area contributed by atoms with Crippen molar-refractivity contribution >= 4 is 15.9 Å². The summed E-state index contributed by atoms with van der Waals surface area (Å²) in [5.74, 6) is 0. The zero-order valence-corrected chi connectivity index (χ0v) is 11.9. The van der Waals surface area contributed by atoms with Gasteiger partial charge >= 0.3 is 0 Å². The number of nitrogens with zero attached hydrogens (tertiary/aromatic N) is 3. The van der Waals surface area contributed by atoms with Gasteiger partial charge in [0.2, 0.25) is 0 Å². The van der Waals surface area contributed by atoms with Gasteiger partial charge in [-0.1, -0.05) is 29.8 Å². The molecule has 0 saturated carbocycles. The minimum absolute atomic E-state index is 0.702. The van der Waals surface area contributed by atoms with Gasteiger partial charge in [0, 0.05) is 36.9 Å². The number of aromatic nitrogens is 2. The van der Waals surface area contributed by atoms with Gasteiger partial charge in [-0.05, 0) is 18.9 Å². The molecular formula is C12H22BrN3. The molecule has 92 valence electrons. The van der Waals surface area contributed by atoms with E-state index in [0.29, 0.717) is 6.04 Å².